The summed E-state index contributed by atoms with van der Waals surface area (Å²) in [5.74, 6) is 0.222. The molecule has 1 fully saturated rings. The third-order valence-corrected chi connectivity index (χ3v) is 4.97. The minimum atomic E-state index is -0.325. The zero-order valence-electron chi connectivity index (χ0n) is 14.1. The lowest BCUT2D eigenvalue weighted by Crippen LogP contribution is -2.57. The van der Waals surface area contributed by atoms with Crippen LogP contribution in [-0.4, -0.2) is 17.5 Å². The van der Waals surface area contributed by atoms with Gasteiger partial charge in [-0.1, -0.05) is 13.8 Å². The number of carbonyl (C=O) groups excluding carboxylic acids is 1. The van der Waals surface area contributed by atoms with Crippen LogP contribution in [0.25, 0.3) is 0 Å². The van der Waals surface area contributed by atoms with Crippen LogP contribution in [0, 0.1) is 11.3 Å². The van der Waals surface area contributed by atoms with Crippen molar-refractivity contribution in [2.45, 2.75) is 58.5 Å². The van der Waals surface area contributed by atoms with E-state index in [1.807, 2.05) is 0 Å². The fraction of sp³-hybridized carbons (Fsp3) is 0.611. The summed E-state index contributed by atoms with van der Waals surface area (Å²) in [6.07, 6.45) is 3.19. The van der Waals surface area contributed by atoms with Crippen molar-refractivity contribution in [3.63, 3.8) is 0 Å². The normalized spacial score (nSPS) is 24.8. The largest absolute Gasteiger partial charge is 0.399 e. The van der Waals surface area contributed by atoms with Gasteiger partial charge in [-0.2, -0.15) is 0 Å². The van der Waals surface area contributed by atoms with Crippen LogP contribution < -0.4 is 16.8 Å². The lowest BCUT2D eigenvalue weighted by atomic mass is 9.65. The first kappa shape index (κ1) is 16.8. The molecule has 1 aliphatic carbocycles. The van der Waals surface area contributed by atoms with Gasteiger partial charge in [0.15, 0.2) is 0 Å². The van der Waals surface area contributed by atoms with Crippen LogP contribution in [0.4, 0.5) is 5.69 Å². The highest BCUT2D eigenvalue weighted by Gasteiger charge is 2.41. The molecule has 122 valence electrons. The summed E-state index contributed by atoms with van der Waals surface area (Å²) in [6.45, 7) is 8.68. The smallest absolute Gasteiger partial charge is 0.251 e. The van der Waals surface area contributed by atoms with Gasteiger partial charge in [0.25, 0.3) is 5.91 Å². The standard InChI is InChI=1S/C18H29N3O/c1-17(2)10-9-14(15(20)11-17)18(3,4)21-16(22)12-5-7-13(19)8-6-12/h5-8,14-15H,9-11,19-20H2,1-4H3,(H,21,22)/t14-,15-/m0/s1. The Hall–Kier alpha value is -1.55. The van der Waals surface area contributed by atoms with Gasteiger partial charge in [0.05, 0.1) is 0 Å². The quantitative estimate of drug-likeness (QED) is 0.751. The first-order chi connectivity index (χ1) is 10.1. The number of anilines is 1. The van der Waals surface area contributed by atoms with Crippen LogP contribution in [0.5, 0.6) is 0 Å². The van der Waals surface area contributed by atoms with E-state index in [9.17, 15) is 4.79 Å². The number of rotatable bonds is 3. The minimum Gasteiger partial charge on any atom is -0.399 e. The summed E-state index contributed by atoms with van der Waals surface area (Å²) >= 11 is 0. The SMILES string of the molecule is CC1(C)CC[C@H](C(C)(C)NC(=O)c2ccc(N)cc2)[C@@H](N)C1. The second kappa shape index (κ2) is 5.92. The van der Waals surface area contributed by atoms with Crippen molar-refractivity contribution in [2.75, 3.05) is 5.73 Å². The maximum atomic E-state index is 12.5. The Morgan fingerprint density at radius 2 is 1.86 bits per heavy atom. The van der Waals surface area contributed by atoms with Crippen molar-refractivity contribution in [2.24, 2.45) is 17.1 Å². The van der Waals surface area contributed by atoms with E-state index in [0.717, 1.165) is 19.3 Å². The van der Waals surface area contributed by atoms with Gasteiger partial charge in [0.1, 0.15) is 0 Å². The van der Waals surface area contributed by atoms with Gasteiger partial charge in [-0.15, -0.1) is 0 Å². The fourth-order valence-electron chi connectivity index (χ4n) is 3.63. The summed E-state index contributed by atoms with van der Waals surface area (Å²) in [7, 11) is 0. The van der Waals surface area contributed by atoms with E-state index < -0.39 is 0 Å². The zero-order valence-corrected chi connectivity index (χ0v) is 14.1. The number of nitrogens with two attached hydrogens (primary N) is 2. The Bertz CT molecular complexity index is 534. The molecule has 5 N–H and O–H groups in total. The highest BCUT2D eigenvalue weighted by molar-refractivity contribution is 5.94. The Morgan fingerprint density at radius 3 is 2.41 bits per heavy atom. The highest BCUT2D eigenvalue weighted by Crippen LogP contribution is 2.41. The molecule has 1 aromatic carbocycles. The Kier molecular flexibility index (Phi) is 4.52. The third kappa shape index (κ3) is 3.80. The molecular weight excluding hydrogens is 274 g/mol. The minimum absolute atomic E-state index is 0.0676. The van der Waals surface area contributed by atoms with E-state index >= 15 is 0 Å². The molecule has 2 atom stereocenters. The van der Waals surface area contributed by atoms with Gasteiger partial charge >= 0.3 is 0 Å². The number of hydrogen-bond acceptors (Lipinski definition) is 3. The molecule has 0 radical (unpaired) electrons. The summed E-state index contributed by atoms with van der Waals surface area (Å²) < 4.78 is 0. The predicted octanol–water partition coefficient (Wildman–Crippen LogP) is 2.93. The van der Waals surface area contributed by atoms with Crippen LogP contribution in [0.2, 0.25) is 0 Å². The molecule has 2 rings (SSSR count). The van der Waals surface area contributed by atoms with Gasteiger partial charge < -0.3 is 16.8 Å². The van der Waals surface area contributed by atoms with Crippen molar-refractivity contribution < 1.29 is 4.79 Å². The van der Waals surface area contributed by atoms with Crippen molar-refractivity contribution in [3.05, 3.63) is 29.8 Å². The summed E-state index contributed by atoms with van der Waals surface area (Å²) in [5.41, 5.74) is 13.3. The van der Waals surface area contributed by atoms with Gasteiger partial charge in [-0.05, 0) is 68.7 Å². The maximum absolute atomic E-state index is 12.5. The second-order valence-electron chi connectivity index (χ2n) is 7.98. The van der Waals surface area contributed by atoms with E-state index in [4.69, 9.17) is 11.5 Å². The summed E-state index contributed by atoms with van der Waals surface area (Å²) in [5, 5.41) is 3.16. The molecule has 0 spiro atoms. The average molecular weight is 303 g/mol. The molecule has 0 unspecified atom stereocenters. The molecule has 22 heavy (non-hydrogen) atoms. The van der Waals surface area contributed by atoms with Gasteiger partial charge in [0, 0.05) is 22.8 Å². The van der Waals surface area contributed by atoms with Crippen LogP contribution in [0.15, 0.2) is 24.3 Å². The van der Waals surface area contributed by atoms with Crippen molar-refractivity contribution in [1.82, 2.24) is 5.32 Å². The van der Waals surface area contributed by atoms with Crippen molar-refractivity contribution in [3.8, 4) is 0 Å². The van der Waals surface area contributed by atoms with Gasteiger partial charge in [0.2, 0.25) is 0 Å². The van der Waals surface area contributed by atoms with Crippen LogP contribution in [0.1, 0.15) is 57.3 Å². The van der Waals surface area contributed by atoms with Crippen LogP contribution in [-0.2, 0) is 0 Å². The molecule has 1 saturated carbocycles. The van der Waals surface area contributed by atoms with Crippen molar-refractivity contribution >= 4 is 11.6 Å². The first-order valence-corrected chi connectivity index (χ1v) is 8.04. The number of hydrogen-bond donors (Lipinski definition) is 3. The van der Waals surface area contributed by atoms with E-state index in [2.05, 4.69) is 33.0 Å². The number of amides is 1. The molecule has 4 nitrogen and oxygen atoms in total. The van der Waals surface area contributed by atoms with E-state index in [0.29, 0.717) is 22.6 Å². The zero-order chi connectivity index (χ0) is 16.5. The molecule has 0 heterocycles. The monoisotopic (exact) mass is 303 g/mol. The molecule has 0 aromatic heterocycles. The average Bonchev–Trinajstić information content (AvgIpc) is 2.37. The van der Waals surface area contributed by atoms with E-state index in [1.54, 1.807) is 24.3 Å². The number of nitrogen functional groups attached to an aromatic ring is 1. The lowest BCUT2D eigenvalue weighted by molar-refractivity contribution is 0.0751. The predicted molar refractivity (Wildman–Crippen MR) is 91.5 cm³/mol. The first-order valence-electron chi connectivity index (χ1n) is 8.04. The Labute approximate surface area is 133 Å². The molecule has 0 aliphatic heterocycles. The highest BCUT2D eigenvalue weighted by atomic mass is 16.1. The van der Waals surface area contributed by atoms with Crippen LogP contribution in [0.3, 0.4) is 0 Å². The molecule has 0 saturated heterocycles. The molecule has 0 bridgehead atoms. The number of carbonyl (C=O) groups is 1. The Morgan fingerprint density at radius 1 is 1.27 bits per heavy atom. The molecule has 1 amide bonds. The third-order valence-electron chi connectivity index (χ3n) is 4.97. The number of nitrogens with one attached hydrogen (secondary N) is 1. The number of benzene rings is 1. The molecule has 1 aliphatic rings. The lowest BCUT2D eigenvalue weighted by Gasteiger charge is -2.46. The fourth-order valence-corrected chi connectivity index (χ4v) is 3.63. The Balaban J connectivity index is 2.07. The van der Waals surface area contributed by atoms with E-state index in [1.165, 1.54) is 0 Å². The molecule has 1 aromatic rings. The second-order valence-corrected chi connectivity index (χ2v) is 7.98. The molecular formula is C18H29N3O. The van der Waals surface area contributed by atoms with Crippen molar-refractivity contribution in [1.29, 1.82) is 0 Å². The summed E-state index contributed by atoms with van der Waals surface area (Å²) in [6, 6.07) is 7.12. The van der Waals surface area contributed by atoms with Crippen LogP contribution >= 0.6 is 0 Å². The summed E-state index contributed by atoms with van der Waals surface area (Å²) in [4.78, 5) is 12.5. The van der Waals surface area contributed by atoms with Gasteiger partial charge in [-0.25, -0.2) is 0 Å². The topological polar surface area (TPSA) is 81.1 Å². The van der Waals surface area contributed by atoms with E-state index in [-0.39, 0.29) is 17.5 Å². The maximum Gasteiger partial charge on any atom is 0.251 e. The molecule has 4 heteroatoms. The van der Waals surface area contributed by atoms with Gasteiger partial charge in [-0.3, -0.25) is 4.79 Å².